The number of carbonyl (C=O) groups excluding carboxylic acids is 2. The van der Waals surface area contributed by atoms with Gasteiger partial charge >= 0.3 is 0 Å². The van der Waals surface area contributed by atoms with E-state index in [0.717, 1.165) is 0 Å². The van der Waals surface area contributed by atoms with E-state index in [1.165, 1.54) is 11.3 Å². The lowest BCUT2D eigenvalue weighted by Gasteiger charge is -2.16. The third-order valence-corrected chi connectivity index (χ3v) is 2.65. The van der Waals surface area contributed by atoms with Crippen LogP contribution < -0.4 is 11.1 Å². The quantitative estimate of drug-likeness (QED) is 0.855. The number of hydrogen-bond acceptors (Lipinski definition) is 4. The van der Waals surface area contributed by atoms with Crippen molar-refractivity contribution in [2.45, 2.75) is 33.6 Å². The van der Waals surface area contributed by atoms with Crippen LogP contribution in [-0.4, -0.2) is 16.8 Å². The van der Waals surface area contributed by atoms with Crippen molar-refractivity contribution in [3.05, 3.63) is 11.1 Å². The lowest BCUT2D eigenvalue weighted by Crippen LogP contribution is -2.19. The fourth-order valence-corrected chi connectivity index (χ4v) is 2.00. The van der Waals surface area contributed by atoms with Crippen LogP contribution in [0.4, 0.5) is 5.13 Å². The molecular formula is C11H17N3O2S. The number of amides is 2. The van der Waals surface area contributed by atoms with Crippen molar-refractivity contribution in [2.75, 3.05) is 5.32 Å². The van der Waals surface area contributed by atoms with E-state index in [0.29, 0.717) is 17.2 Å². The number of thiazole rings is 1. The van der Waals surface area contributed by atoms with Crippen molar-refractivity contribution >= 4 is 28.3 Å². The molecule has 0 spiro atoms. The van der Waals surface area contributed by atoms with Crippen molar-refractivity contribution in [1.82, 2.24) is 4.98 Å². The number of nitrogens with one attached hydrogen (secondary N) is 1. The minimum Gasteiger partial charge on any atom is -0.369 e. The summed E-state index contributed by atoms with van der Waals surface area (Å²) >= 11 is 1.30. The molecule has 0 saturated heterocycles. The third-order valence-electron chi connectivity index (χ3n) is 1.84. The van der Waals surface area contributed by atoms with Gasteiger partial charge in [-0.2, -0.15) is 0 Å². The number of carbonyl (C=O) groups is 2. The zero-order chi connectivity index (χ0) is 13.1. The number of rotatable bonds is 4. The summed E-state index contributed by atoms with van der Waals surface area (Å²) in [6.07, 6.45) is 0.531. The van der Waals surface area contributed by atoms with Crippen LogP contribution in [-0.2, 0) is 16.0 Å². The van der Waals surface area contributed by atoms with Crippen LogP contribution >= 0.6 is 11.3 Å². The van der Waals surface area contributed by atoms with Crippen LogP contribution in [0.25, 0.3) is 0 Å². The molecule has 17 heavy (non-hydrogen) atoms. The topological polar surface area (TPSA) is 85.1 Å². The van der Waals surface area contributed by atoms with Gasteiger partial charge in [-0.05, 0) is 5.41 Å². The molecule has 5 nitrogen and oxygen atoms in total. The van der Waals surface area contributed by atoms with E-state index in [4.69, 9.17) is 5.73 Å². The Hall–Kier alpha value is -1.43. The van der Waals surface area contributed by atoms with E-state index in [-0.39, 0.29) is 17.7 Å². The zero-order valence-corrected chi connectivity index (χ0v) is 11.1. The highest BCUT2D eigenvalue weighted by atomic mass is 32.1. The van der Waals surface area contributed by atoms with Crippen LogP contribution in [0.5, 0.6) is 0 Å². The molecule has 1 aromatic rings. The summed E-state index contributed by atoms with van der Waals surface area (Å²) in [5, 5.41) is 4.94. The first-order valence-electron chi connectivity index (χ1n) is 5.29. The molecule has 0 fully saturated rings. The Morgan fingerprint density at radius 3 is 2.65 bits per heavy atom. The molecular weight excluding hydrogens is 238 g/mol. The van der Waals surface area contributed by atoms with E-state index in [9.17, 15) is 9.59 Å². The molecule has 3 N–H and O–H groups in total. The monoisotopic (exact) mass is 255 g/mol. The van der Waals surface area contributed by atoms with Crippen LogP contribution in [0.3, 0.4) is 0 Å². The molecule has 0 atom stereocenters. The van der Waals surface area contributed by atoms with Gasteiger partial charge in [-0.25, -0.2) is 4.98 Å². The highest BCUT2D eigenvalue weighted by Crippen LogP contribution is 2.21. The molecule has 2 amide bonds. The molecule has 0 aliphatic heterocycles. The van der Waals surface area contributed by atoms with Gasteiger partial charge in [-0.3, -0.25) is 9.59 Å². The Balaban J connectivity index is 2.55. The molecule has 0 aromatic carbocycles. The summed E-state index contributed by atoms with van der Waals surface area (Å²) in [6, 6.07) is 0. The van der Waals surface area contributed by atoms with Gasteiger partial charge in [0, 0.05) is 11.8 Å². The predicted molar refractivity (Wildman–Crippen MR) is 67.7 cm³/mol. The van der Waals surface area contributed by atoms with E-state index in [2.05, 4.69) is 10.3 Å². The molecule has 0 aliphatic rings. The molecule has 0 aliphatic carbocycles. The maximum atomic E-state index is 11.6. The Morgan fingerprint density at radius 2 is 2.12 bits per heavy atom. The van der Waals surface area contributed by atoms with E-state index in [1.54, 1.807) is 5.38 Å². The Bertz CT molecular complexity index is 421. The number of nitrogens with two attached hydrogens (primary N) is 1. The smallest absolute Gasteiger partial charge is 0.226 e. The summed E-state index contributed by atoms with van der Waals surface area (Å²) in [5.41, 5.74) is 5.59. The van der Waals surface area contributed by atoms with Crippen molar-refractivity contribution in [3.8, 4) is 0 Å². The molecule has 1 aromatic heterocycles. The van der Waals surface area contributed by atoms with Crippen molar-refractivity contribution in [2.24, 2.45) is 11.1 Å². The molecule has 0 bridgehead atoms. The first-order chi connectivity index (χ1) is 7.76. The number of anilines is 1. The van der Waals surface area contributed by atoms with Gasteiger partial charge in [0.2, 0.25) is 11.8 Å². The fraction of sp³-hybridized carbons (Fsp3) is 0.545. The number of hydrogen-bond donors (Lipinski definition) is 2. The lowest BCUT2D eigenvalue weighted by atomic mass is 9.92. The average molecular weight is 255 g/mol. The van der Waals surface area contributed by atoms with Crippen LogP contribution in [0, 0.1) is 5.41 Å². The summed E-state index contributed by atoms with van der Waals surface area (Å²) in [4.78, 5) is 26.4. The van der Waals surface area contributed by atoms with Crippen molar-refractivity contribution in [1.29, 1.82) is 0 Å². The van der Waals surface area contributed by atoms with E-state index in [1.807, 2.05) is 20.8 Å². The molecule has 0 unspecified atom stereocenters. The second-order valence-corrected chi connectivity index (χ2v) is 5.93. The minimum atomic E-state index is -0.428. The summed E-state index contributed by atoms with van der Waals surface area (Å²) in [6.45, 7) is 5.98. The molecule has 94 valence electrons. The van der Waals surface area contributed by atoms with Gasteiger partial charge in [0.05, 0.1) is 12.1 Å². The van der Waals surface area contributed by atoms with Gasteiger partial charge in [0.25, 0.3) is 0 Å². The number of nitrogens with zero attached hydrogens (tertiary/aromatic N) is 1. The number of primary amides is 1. The average Bonchev–Trinajstić information content (AvgIpc) is 2.46. The van der Waals surface area contributed by atoms with E-state index >= 15 is 0 Å². The third kappa shape index (κ3) is 5.44. The van der Waals surface area contributed by atoms with Gasteiger partial charge in [0.1, 0.15) is 0 Å². The highest BCUT2D eigenvalue weighted by molar-refractivity contribution is 7.13. The largest absolute Gasteiger partial charge is 0.369 e. The van der Waals surface area contributed by atoms with Crippen LogP contribution in [0.1, 0.15) is 32.9 Å². The van der Waals surface area contributed by atoms with Crippen molar-refractivity contribution < 1.29 is 9.59 Å². The fourth-order valence-electron chi connectivity index (χ4n) is 1.27. The molecule has 6 heteroatoms. The molecule has 1 heterocycles. The maximum Gasteiger partial charge on any atom is 0.226 e. The highest BCUT2D eigenvalue weighted by Gasteiger charge is 2.17. The van der Waals surface area contributed by atoms with E-state index < -0.39 is 5.91 Å². The zero-order valence-electron chi connectivity index (χ0n) is 10.2. The minimum absolute atomic E-state index is 0.0581. The summed E-state index contributed by atoms with van der Waals surface area (Å²) in [5.74, 6) is -0.500. The Kier molecular flexibility index (Phi) is 4.22. The Labute approximate surface area is 104 Å². The normalized spacial score (nSPS) is 11.2. The second kappa shape index (κ2) is 5.27. The second-order valence-electron chi connectivity index (χ2n) is 5.07. The number of aromatic nitrogens is 1. The molecule has 0 saturated carbocycles. The molecule has 1 rings (SSSR count). The van der Waals surface area contributed by atoms with Crippen LogP contribution in [0.15, 0.2) is 5.38 Å². The molecule has 0 radical (unpaired) electrons. The standard InChI is InChI=1S/C11H17N3O2S/c1-11(2,3)5-9(16)14-10-13-7(6-17-10)4-8(12)15/h6H,4-5H2,1-3H3,(H2,12,15)(H,13,14,16). The van der Waals surface area contributed by atoms with Crippen LogP contribution in [0.2, 0.25) is 0 Å². The van der Waals surface area contributed by atoms with Gasteiger partial charge in [-0.15, -0.1) is 11.3 Å². The summed E-state index contributed by atoms with van der Waals surface area (Å²) in [7, 11) is 0. The maximum absolute atomic E-state index is 11.6. The lowest BCUT2D eigenvalue weighted by molar-refractivity contribution is -0.118. The first kappa shape index (κ1) is 13.6. The SMILES string of the molecule is CC(C)(C)CC(=O)Nc1nc(CC(N)=O)cs1. The summed E-state index contributed by atoms with van der Waals surface area (Å²) < 4.78 is 0. The van der Waals surface area contributed by atoms with Gasteiger partial charge < -0.3 is 11.1 Å². The Morgan fingerprint density at radius 1 is 1.47 bits per heavy atom. The predicted octanol–water partition coefficient (Wildman–Crippen LogP) is 1.55. The first-order valence-corrected chi connectivity index (χ1v) is 6.17. The van der Waals surface area contributed by atoms with Gasteiger partial charge in [0.15, 0.2) is 5.13 Å². The van der Waals surface area contributed by atoms with Gasteiger partial charge in [-0.1, -0.05) is 20.8 Å². The van der Waals surface area contributed by atoms with Crippen molar-refractivity contribution in [3.63, 3.8) is 0 Å².